The largest absolute Gasteiger partial charge is 0.389 e. The van der Waals surface area contributed by atoms with Crippen molar-refractivity contribution in [1.29, 1.82) is 0 Å². The molecule has 0 fully saturated rings. The molecule has 2 rings (SSSR count). The number of nitrogens with zero attached hydrogens (tertiary/aromatic N) is 1. The minimum atomic E-state index is 0.170. The molecule has 92 valence electrons. The van der Waals surface area contributed by atoms with Gasteiger partial charge in [0, 0.05) is 29.7 Å². The maximum Gasteiger partial charge on any atom is 0.106 e. The van der Waals surface area contributed by atoms with Crippen LogP contribution in [0.25, 0.3) is 0 Å². The number of rotatable bonds is 4. The van der Waals surface area contributed by atoms with Crippen molar-refractivity contribution in [1.82, 2.24) is 4.98 Å². The Bertz CT molecular complexity index is 540. The van der Waals surface area contributed by atoms with Crippen LogP contribution in [0, 0.1) is 0 Å². The highest BCUT2D eigenvalue weighted by molar-refractivity contribution is 7.80. The second-order valence-corrected chi connectivity index (χ2v) is 4.50. The number of nitrogens with one attached hydrogen (secondary N) is 1. The van der Waals surface area contributed by atoms with Gasteiger partial charge in [0.25, 0.3) is 0 Å². The summed E-state index contributed by atoms with van der Waals surface area (Å²) < 4.78 is 0. The summed E-state index contributed by atoms with van der Waals surface area (Å²) in [7, 11) is 0. The summed E-state index contributed by atoms with van der Waals surface area (Å²) in [5.41, 5.74) is 8.70. The normalized spacial score (nSPS) is 11.8. The van der Waals surface area contributed by atoms with Gasteiger partial charge in [-0.05, 0) is 36.8 Å². The third-order valence-electron chi connectivity index (χ3n) is 2.77. The number of thiocarbonyl (C=S) groups is 1. The van der Waals surface area contributed by atoms with Gasteiger partial charge in [-0.2, -0.15) is 0 Å². The summed E-state index contributed by atoms with van der Waals surface area (Å²) in [4.78, 5) is 4.41. The van der Waals surface area contributed by atoms with Crippen LogP contribution >= 0.6 is 12.2 Å². The van der Waals surface area contributed by atoms with E-state index in [0.717, 1.165) is 11.3 Å². The smallest absolute Gasteiger partial charge is 0.106 e. The first-order valence-corrected chi connectivity index (χ1v) is 6.14. The van der Waals surface area contributed by atoms with E-state index in [1.165, 1.54) is 5.56 Å². The third kappa shape index (κ3) is 2.84. The number of pyridine rings is 1. The van der Waals surface area contributed by atoms with Gasteiger partial charge in [0.2, 0.25) is 0 Å². The Hall–Kier alpha value is -1.94. The Balaban J connectivity index is 2.22. The Labute approximate surface area is 112 Å². The molecule has 1 heterocycles. The summed E-state index contributed by atoms with van der Waals surface area (Å²) in [6.07, 6.45) is 3.57. The molecule has 4 heteroatoms. The quantitative estimate of drug-likeness (QED) is 0.827. The van der Waals surface area contributed by atoms with Crippen LogP contribution in [0.3, 0.4) is 0 Å². The number of hydrogen-bond acceptors (Lipinski definition) is 3. The fourth-order valence-corrected chi connectivity index (χ4v) is 1.97. The predicted octanol–water partition coefficient (Wildman–Crippen LogP) is 2.89. The molecule has 1 aromatic heterocycles. The maximum atomic E-state index is 5.71. The number of benzene rings is 1. The van der Waals surface area contributed by atoms with E-state index in [1.54, 1.807) is 12.4 Å². The number of hydrogen-bond donors (Lipinski definition) is 2. The van der Waals surface area contributed by atoms with E-state index in [-0.39, 0.29) is 6.04 Å². The fourth-order valence-electron chi connectivity index (χ4n) is 1.79. The molecular formula is C14H15N3S. The summed E-state index contributed by atoms with van der Waals surface area (Å²) >= 11 is 5.05. The number of nitrogens with two attached hydrogens (primary N) is 1. The Morgan fingerprint density at radius 2 is 1.89 bits per heavy atom. The molecule has 0 spiro atoms. The van der Waals surface area contributed by atoms with Gasteiger partial charge in [0.05, 0.1) is 0 Å². The van der Waals surface area contributed by atoms with Crippen molar-refractivity contribution in [2.24, 2.45) is 5.73 Å². The molecule has 0 bridgehead atoms. The van der Waals surface area contributed by atoms with E-state index in [9.17, 15) is 0 Å². The highest BCUT2D eigenvalue weighted by atomic mass is 32.1. The first-order valence-electron chi connectivity index (χ1n) is 5.74. The highest BCUT2D eigenvalue weighted by Gasteiger charge is 2.08. The first kappa shape index (κ1) is 12.5. The lowest BCUT2D eigenvalue weighted by atomic mass is 10.1. The van der Waals surface area contributed by atoms with E-state index < -0.39 is 0 Å². The Morgan fingerprint density at radius 3 is 2.56 bits per heavy atom. The van der Waals surface area contributed by atoms with Gasteiger partial charge in [-0.15, -0.1) is 0 Å². The van der Waals surface area contributed by atoms with E-state index in [4.69, 9.17) is 18.0 Å². The summed E-state index contributed by atoms with van der Waals surface area (Å²) in [5.74, 6) is 0. The SMILES string of the molecule is CC(Nc1ccccc1C(N)=S)c1ccncc1. The van der Waals surface area contributed by atoms with Crippen LogP contribution in [-0.4, -0.2) is 9.97 Å². The molecule has 0 aliphatic rings. The van der Waals surface area contributed by atoms with E-state index >= 15 is 0 Å². The van der Waals surface area contributed by atoms with E-state index in [1.807, 2.05) is 36.4 Å². The predicted molar refractivity (Wildman–Crippen MR) is 78.6 cm³/mol. The molecule has 2 aromatic rings. The molecule has 0 aliphatic carbocycles. The molecule has 1 atom stereocenters. The number of anilines is 1. The third-order valence-corrected chi connectivity index (χ3v) is 2.99. The number of para-hydroxylation sites is 1. The lowest BCUT2D eigenvalue weighted by molar-refractivity contribution is 0.880. The van der Waals surface area contributed by atoms with Crippen LogP contribution in [0.15, 0.2) is 48.8 Å². The van der Waals surface area contributed by atoms with Crippen molar-refractivity contribution in [3.8, 4) is 0 Å². The van der Waals surface area contributed by atoms with Gasteiger partial charge in [-0.3, -0.25) is 4.98 Å². The Kier molecular flexibility index (Phi) is 3.89. The van der Waals surface area contributed by atoms with Crippen molar-refractivity contribution in [3.05, 3.63) is 59.9 Å². The van der Waals surface area contributed by atoms with Crippen molar-refractivity contribution in [2.75, 3.05) is 5.32 Å². The summed E-state index contributed by atoms with van der Waals surface area (Å²) in [6, 6.07) is 11.9. The lowest BCUT2D eigenvalue weighted by Crippen LogP contribution is -2.15. The van der Waals surface area contributed by atoms with Crippen LogP contribution in [0.2, 0.25) is 0 Å². The minimum Gasteiger partial charge on any atom is -0.389 e. The van der Waals surface area contributed by atoms with Gasteiger partial charge in [-0.25, -0.2) is 0 Å². The molecule has 0 saturated heterocycles. The molecule has 0 radical (unpaired) electrons. The molecule has 0 amide bonds. The average Bonchev–Trinajstić information content (AvgIpc) is 2.40. The molecule has 18 heavy (non-hydrogen) atoms. The van der Waals surface area contributed by atoms with Gasteiger partial charge >= 0.3 is 0 Å². The van der Waals surface area contributed by atoms with Crippen molar-refractivity contribution >= 4 is 22.9 Å². The van der Waals surface area contributed by atoms with E-state index in [2.05, 4.69) is 17.2 Å². The summed E-state index contributed by atoms with van der Waals surface area (Å²) in [5, 5.41) is 3.41. The Morgan fingerprint density at radius 1 is 1.22 bits per heavy atom. The second kappa shape index (κ2) is 5.60. The maximum absolute atomic E-state index is 5.71. The molecular weight excluding hydrogens is 242 g/mol. The zero-order valence-electron chi connectivity index (χ0n) is 10.1. The standard InChI is InChI=1S/C14H15N3S/c1-10(11-6-8-16-9-7-11)17-13-5-3-2-4-12(13)14(15)18/h2-10,17H,1H3,(H2,15,18). The zero-order valence-corrected chi connectivity index (χ0v) is 10.9. The van der Waals surface area contributed by atoms with E-state index in [0.29, 0.717) is 4.99 Å². The van der Waals surface area contributed by atoms with Crippen LogP contribution < -0.4 is 11.1 Å². The van der Waals surface area contributed by atoms with Crippen molar-refractivity contribution in [3.63, 3.8) is 0 Å². The summed E-state index contributed by atoms with van der Waals surface area (Å²) in [6.45, 7) is 2.09. The molecule has 1 unspecified atom stereocenters. The van der Waals surface area contributed by atoms with Crippen molar-refractivity contribution in [2.45, 2.75) is 13.0 Å². The molecule has 3 N–H and O–H groups in total. The van der Waals surface area contributed by atoms with Crippen LogP contribution in [0.5, 0.6) is 0 Å². The average molecular weight is 257 g/mol. The first-order chi connectivity index (χ1) is 8.68. The molecule has 0 saturated carbocycles. The fraction of sp³-hybridized carbons (Fsp3) is 0.143. The van der Waals surface area contributed by atoms with Gasteiger partial charge < -0.3 is 11.1 Å². The van der Waals surface area contributed by atoms with Gasteiger partial charge in [0.15, 0.2) is 0 Å². The zero-order chi connectivity index (χ0) is 13.0. The second-order valence-electron chi connectivity index (χ2n) is 4.06. The highest BCUT2D eigenvalue weighted by Crippen LogP contribution is 2.21. The topological polar surface area (TPSA) is 50.9 Å². The molecule has 1 aromatic carbocycles. The van der Waals surface area contributed by atoms with Gasteiger partial charge in [-0.1, -0.05) is 24.4 Å². The van der Waals surface area contributed by atoms with Crippen molar-refractivity contribution < 1.29 is 0 Å². The van der Waals surface area contributed by atoms with Crippen LogP contribution in [0.4, 0.5) is 5.69 Å². The van der Waals surface area contributed by atoms with Gasteiger partial charge in [0.1, 0.15) is 4.99 Å². The molecule has 0 aliphatic heterocycles. The lowest BCUT2D eigenvalue weighted by Gasteiger charge is -2.17. The van der Waals surface area contributed by atoms with Crippen LogP contribution in [-0.2, 0) is 0 Å². The minimum absolute atomic E-state index is 0.170. The monoisotopic (exact) mass is 257 g/mol. The van der Waals surface area contributed by atoms with Crippen LogP contribution in [0.1, 0.15) is 24.1 Å². The molecule has 3 nitrogen and oxygen atoms in total. The number of aromatic nitrogens is 1.